The maximum Gasteiger partial charge on any atom is 0.317 e. The van der Waals surface area contributed by atoms with E-state index in [2.05, 4.69) is 17.1 Å². The van der Waals surface area contributed by atoms with E-state index in [0.717, 1.165) is 58.5 Å². The third-order valence-electron chi connectivity index (χ3n) is 5.88. The van der Waals surface area contributed by atoms with Gasteiger partial charge in [-0.05, 0) is 33.1 Å². The minimum Gasteiger partial charge on any atom is -0.374 e. The van der Waals surface area contributed by atoms with E-state index in [9.17, 15) is 9.59 Å². The van der Waals surface area contributed by atoms with Crippen molar-refractivity contribution >= 4 is 11.9 Å². The van der Waals surface area contributed by atoms with E-state index in [1.165, 1.54) is 6.42 Å². The Labute approximate surface area is 157 Å². The minimum absolute atomic E-state index is 0.00773. The summed E-state index contributed by atoms with van der Waals surface area (Å²) in [5, 5.41) is 3.04. The van der Waals surface area contributed by atoms with Gasteiger partial charge in [-0.15, -0.1) is 0 Å². The summed E-state index contributed by atoms with van der Waals surface area (Å²) in [6.07, 6.45) is 4.53. The van der Waals surface area contributed by atoms with E-state index in [-0.39, 0.29) is 18.2 Å². The van der Waals surface area contributed by atoms with Crippen molar-refractivity contribution in [1.29, 1.82) is 0 Å². The van der Waals surface area contributed by atoms with E-state index in [0.29, 0.717) is 24.9 Å². The maximum atomic E-state index is 12.4. The van der Waals surface area contributed by atoms with Crippen LogP contribution in [0.1, 0.15) is 39.5 Å². The van der Waals surface area contributed by atoms with Crippen LogP contribution in [-0.2, 0) is 9.53 Å². The molecular weight excluding hydrogens is 332 g/mol. The van der Waals surface area contributed by atoms with E-state index < -0.39 is 0 Å². The molecule has 148 valence electrons. The van der Waals surface area contributed by atoms with Gasteiger partial charge in [0.05, 0.1) is 12.2 Å². The van der Waals surface area contributed by atoms with Crippen LogP contribution in [0, 0.1) is 5.92 Å². The summed E-state index contributed by atoms with van der Waals surface area (Å²) < 4.78 is 5.79. The topological polar surface area (TPSA) is 65.1 Å². The fourth-order valence-corrected chi connectivity index (χ4v) is 3.97. The van der Waals surface area contributed by atoms with Crippen molar-refractivity contribution in [2.45, 2.75) is 51.7 Å². The average Bonchev–Trinajstić information content (AvgIpc) is 2.74. The van der Waals surface area contributed by atoms with Gasteiger partial charge in [0, 0.05) is 58.3 Å². The number of nitrogens with zero attached hydrogens (tertiary/aromatic N) is 3. The summed E-state index contributed by atoms with van der Waals surface area (Å²) >= 11 is 0. The predicted octanol–water partition coefficient (Wildman–Crippen LogP) is 1.14. The molecule has 26 heavy (non-hydrogen) atoms. The number of hydrogen-bond acceptors (Lipinski definition) is 4. The Balaban J connectivity index is 1.32. The van der Waals surface area contributed by atoms with Gasteiger partial charge in [-0.1, -0.05) is 6.42 Å². The number of nitrogens with one attached hydrogen (secondary N) is 1. The van der Waals surface area contributed by atoms with Crippen molar-refractivity contribution < 1.29 is 14.3 Å². The first-order valence-corrected chi connectivity index (χ1v) is 10.2. The summed E-state index contributed by atoms with van der Waals surface area (Å²) in [4.78, 5) is 30.9. The van der Waals surface area contributed by atoms with Crippen molar-refractivity contribution in [3.63, 3.8) is 0 Å². The molecule has 1 N–H and O–H groups in total. The van der Waals surface area contributed by atoms with Crippen molar-refractivity contribution in [1.82, 2.24) is 20.0 Å². The number of carbonyl (C=O) groups excluding carboxylic acids is 2. The minimum atomic E-state index is 0.00773. The second kappa shape index (κ2) is 9.04. The molecule has 0 spiro atoms. The lowest BCUT2D eigenvalue weighted by Crippen LogP contribution is -2.52. The molecule has 2 aliphatic heterocycles. The third-order valence-corrected chi connectivity index (χ3v) is 5.88. The number of urea groups is 1. The first kappa shape index (κ1) is 19.4. The molecule has 3 aliphatic rings. The molecule has 0 aromatic carbocycles. The molecule has 0 bridgehead atoms. The fraction of sp³-hybridized carbons (Fsp3) is 0.895. The first-order valence-electron chi connectivity index (χ1n) is 10.2. The Morgan fingerprint density at radius 2 is 1.69 bits per heavy atom. The van der Waals surface area contributed by atoms with Gasteiger partial charge in [-0.25, -0.2) is 4.79 Å². The smallest absolute Gasteiger partial charge is 0.317 e. The molecule has 1 aliphatic carbocycles. The van der Waals surface area contributed by atoms with Crippen LogP contribution in [-0.4, -0.2) is 91.2 Å². The Hall–Kier alpha value is -1.34. The van der Waals surface area contributed by atoms with Crippen LogP contribution < -0.4 is 5.32 Å². The van der Waals surface area contributed by atoms with Gasteiger partial charge in [0.15, 0.2) is 0 Å². The molecule has 0 radical (unpaired) electrons. The number of ether oxygens (including phenoxy) is 1. The highest BCUT2D eigenvalue weighted by Crippen LogP contribution is 2.28. The van der Waals surface area contributed by atoms with Gasteiger partial charge in [-0.2, -0.15) is 0 Å². The van der Waals surface area contributed by atoms with E-state index in [1.54, 1.807) is 0 Å². The maximum absolute atomic E-state index is 12.4. The van der Waals surface area contributed by atoms with Crippen LogP contribution in [0.2, 0.25) is 0 Å². The first-order chi connectivity index (χ1) is 12.5. The molecule has 0 unspecified atom stereocenters. The number of amides is 3. The van der Waals surface area contributed by atoms with Crippen LogP contribution in [0.15, 0.2) is 0 Å². The zero-order valence-corrected chi connectivity index (χ0v) is 16.3. The lowest BCUT2D eigenvalue weighted by atomic mass is 9.84. The summed E-state index contributed by atoms with van der Waals surface area (Å²) in [7, 11) is 0. The van der Waals surface area contributed by atoms with Crippen LogP contribution >= 0.6 is 0 Å². The molecule has 3 fully saturated rings. The Morgan fingerprint density at radius 1 is 0.962 bits per heavy atom. The third kappa shape index (κ3) is 5.10. The molecule has 2 heterocycles. The predicted molar refractivity (Wildman–Crippen MR) is 100.0 cm³/mol. The van der Waals surface area contributed by atoms with Gasteiger partial charge < -0.3 is 19.9 Å². The molecule has 2 atom stereocenters. The number of piperazine rings is 1. The standard InChI is InChI=1S/C19H34N4O3/c1-15-6-8-23(14-16(2)26-15)19(25)20-7-9-21-10-12-22(13-11-21)18(24)17-4-3-5-17/h15-17H,3-14H2,1-2H3,(H,20,25)/t15-,16+/m1/s1. The zero-order valence-electron chi connectivity index (χ0n) is 16.3. The lowest BCUT2D eigenvalue weighted by Gasteiger charge is -2.38. The molecule has 0 aromatic rings. The summed E-state index contributed by atoms with van der Waals surface area (Å²) in [6.45, 7) is 10.4. The number of rotatable bonds is 4. The van der Waals surface area contributed by atoms with Crippen molar-refractivity contribution in [3.05, 3.63) is 0 Å². The highest BCUT2D eigenvalue weighted by Gasteiger charge is 2.31. The Morgan fingerprint density at radius 3 is 2.35 bits per heavy atom. The SMILES string of the molecule is C[C@@H]1CCN(C(=O)NCCN2CCN(C(=O)C3CCC3)CC2)C[C@H](C)O1. The summed E-state index contributed by atoms with van der Waals surface area (Å²) in [5.41, 5.74) is 0. The highest BCUT2D eigenvalue weighted by atomic mass is 16.5. The Bertz CT molecular complexity index is 489. The van der Waals surface area contributed by atoms with E-state index >= 15 is 0 Å². The van der Waals surface area contributed by atoms with Gasteiger partial charge >= 0.3 is 6.03 Å². The molecule has 7 heteroatoms. The van der Waals surface area contributed by atoms with E-state index in [4.69, 9.17) is 4.74 Å². The van der Waals surface area contributed by atoms with Crippen LogP contribution in [0.4, 0.5) is 4.79 Å². The quantitative estimate of drug-likeness (QED) is 0.810. The molecule has 0 aromatic heterocycles. The van der Waals surface area contributed by atoms with Crippen LogP contribution in [0.25, 0.3) is 0 Å². The summed E-state index contributed by atoms with van der Waals surface area (Å²) in [5.74, 6) is 0.652. The average molecular weight is 367 g/mol. The fourth-order valence-electron chi connectivity index (χ4n) is 3.97. The highest BCUT2D eigenvalue weighted by molar-refractivity contribution is 5.79. The van der Waals surface area contributed by atoms with Gasteiger partial charge in [0.25, 0.3) is 0 Å². The zero-order chi connectivity index (χ0) is 18.5. The van der Waals surface area contributed by atoms with Crippen molar-refractivity contribution in [3.8, 4) is 0 Å². The number of hydrogen-bond donors (Lipinski definition) is 1. The molecular formula is C19H34N4O3. The van der Waals surface area contributed by atoms with Crippen LogP contribution in [0.3, 0.4) is 0 Å². The van der Waals surface area contributed by atoms with Crippen molar-refractivity contribution in [2.24, 2.45) is 5.92 Å². The monoisotopic (exact) mass is 366 g/mol. The van der Waals surface area contributed by atoms with Gasteiger partial charge in [-0.3, -0.25) is 9.69 Å². The molecule has 3 amide bonds. The lowest BCUT2D eigenvalue weighted by molar-refractivity contribution is -0.139. The van der Waals surface area contributed by atoms with Crippen LogP contribution in [0.5, 0.6) is 0 Å². The Kier molecular flexibility index (Phi) is 6.75. The van der Waals surface area contributed by atoms with Gasteiger partial charge in [0.2, 0.25) is 5.91 Å². The van der Waals surface area contributed by atoms with E-state index in [1.807, 2.05) is 16.7 Å². The second-order valence-corrected chi connectivity index (χ2v) is 8.02. The normalized spacial score (nSPS) is 28.4. The second-order valence-electron chi connectivity index (χ2n) is 8.02. The van der Waals surface area contributed by atoms with Gasteiger partial charge in [0.1, 0.15) is 0 Å². The summed E-state index contributed by atoms with van der Waals surface area (Å²) in [6, 6.07) is 0.00773. The number of carbonyl (C=O) groups is 2. The van der Waals surface area contributed by atoms with Crippen molar-refractivity contribution in [2.75, 3.05) is 52.4 Å². The molecule has 7 nitrogen and oxygen atoms in total. The molecule has 2 saturated heterocycles. The molecule has 1 saturated carbocycles. The molecule has 3 rings (SSSR count). The largest absolute Gasteiger partial charge is 0.374 e.